The molecule has 0 saturated carbocycles. The Labute approximate surface area is 182 Å². The summed E-state index contributed by atoms with van der Waals surface area (Å²) in [5, 5.41) is 3.60. The molecule has 0 radical (unpaired) electrons. The van der Waals surface area contributed by atoms with E-state index in [1.54, 1.807) is 25.2 Å². The lowest BCUT2D eigenvalue weighted by Gasteiger charge is -2.19. The van der Waals surface area contributed by atoms with E-state index < -0.39 is 0 Å². The Morgan fingerprint density at radius 1 is 1.20 bits per heavy atom. The Balaban J connectivity index is 1.56. The van der Waals surface area contributed by atoms with Gasteiger partial charge in [0.2, 0.25) is 11.8 Å². The molecule has 6 nitrogen and oxygen atoms in total. The third kappa shape index (κ3) is 5.05. The van der Waals surface area contributed by atoms with E-state index in [0.29, 0.717) is 36.0 Å². The molecule has 0 bridgehead atoms. The average molecular weight is 431 g/mol. The molecule has 1 aliphatic heterocycles. The van der Waals surface area contributed by atoms with Crippen LogP contribution in [0, 0.1) is 5.92 Å². The number of nitrogens with one attached hydrogen (secondary N) is 1. The van der Waals surface area contributed by atoms with E-state index in [1.807, 2.05) is 43.3 Å². The zero-order valence-corrected chi connectivity index (χ0v) is 18.2. The highest BCUT2D eigenvalue weighted by atomic mass is 35.5. The third-order valence-corrected chi connectivity index (χ3v) is 5.78. The first-order valence-electron chi connectivity index (χ1n) is 9.96. The highest BCUT2D eigenvalue weighted by molar-refractivity contribution is 6.31. The van der Waals surface area contributed by atoms with Crippen molar-refractivity contribution >= 4 is 23.4 Å². The molecular weight excluding hydrogens is 404 g/mol. The largest absolute Gasteiger partial charge is 0.493 e. The number of ether oxygens (including phenoxy) is 2. The topological polar surface area (TPSA) is 67.9 Å². The summed E-state index contributed by atoms with van der Waals surface area (Å²) in [7, 11) is 3.19. The van der Waals surface area contributed by atoms with E-state index in [1.165, 1.54) is 0 Å². The van der Waals surface area contributed by atoms with E-state index in [-0.39, 0.29) is 30.2 Å². The SMILES string of the molecule is COc1ccc(CCN2CC(C(=O)NC(C)c3ccccc3Cl)CC2=O)cc1OC. The molecule has 0 spiro atoms. The molecule has 1 heterocycles. The number of likely N-dealkylation sites (tertiary alicyclic amines) is 1. The molecule has 1 N–H and O–H groups in total. The third-order valence-electron chi connectivity index (χ3n) is 5.43. The van der Waals surface area contributed by atoms with Gasteiger partial charge < -0.3 is 19.7 Å². The molecule has 2 unspecified atom stereocenters. The van der Waals surface area contributed by atoms with E-state index >= 15 is 0 Å². The molecule has 1 aliphatic rings. The molecule has 1 saturated heterocycles. The zero-order chi connectivity index (χ0) is 21.7. The van der Waals surface area contributed by atoms with Crippen LogP contribution in [0.3, 0.4) is 0 Å². The molecule has 160 valence electrons. The first-order valence-corrected chi connectivity index (χ1v) is 10.3. The molecule has 2 atom stereocenters. The average Bonchev–Trinajstić information content (AvgIpc) is 3.12. The minimum absolute atomic E-state index is 0.000947. The van der Waals surface area contributed by atoms with Gasteiger partial charge in [-0.05, 0) is 42.7 Å². The van der Waals surface area contributed by atoms with Crippen molar-refractivity contribution in [1.29, 1.82) is 0 Å². The van der Waals surface area contributed by atoms with Crippen LogP contribution in [0.2, 0.25) is 5.02 Å². The normalized spacial score (nSPS) is 17.0. The summed E-state index contributed by atoms with van der Waals surface area (Å²) < 4.78 is 10.6. The van der Waals surface area contributed by atoms with Crippen molar-refractivity contribution in [3.05, 3.63) is 58.6 Å². The van der Waals surface area contributed by atoms with Crippen molar-refractivity contribution < 1.29 is 19.1 Å². The van der Waals surface area contributed by atoms with Crippen molar-refractivity contribution in [2.75, 3.05) is 27.3 Å². The number of hydrogen-bond donors (Lipinski definition) is 1. The van der Waals surface area contributed by atoms with Gasteiger partial charge in [0.25, 0.3) is 0 Å². The molecular formula is C23H27ClN2O4. The van der Waals surface area contributed by atoms with Crippen LogP contribution in [0.5, 0.6) is 11.5 Å². The fourth-order valence-corrected chi connectivity index (χ4v) is 4.00. The van der Waals surface area contributed by atoms with Crippen LogP contribution in [0.25, 0.3) is 0 Å². The molecule has 7 heteroatoms. The van der Waals surface area contributed by atoms with Gasteiger partial charge in [0.05, 0.1) is 26.2 Å². The van der Waals surface area contributed by atoms with Gasteiger partial charge in [-0.1, -0.05) is 35.9 Å². The maximum atomic E-state index is 12.7. The molecule has 2 amide bonds. The van der Waals surface area contributed by atoms with Crippen LogP contribution in [-0.4, -0.2) is 44.0 Å². The summed E-state index contributed by atoms with van der Waals surface area (Å²) in [4.78, 5) is 26.9. The van der Waals surface area contributed by atoms with E-state index in [4.69, 9.17) is 21.1 Å². The van der Waals surface area contributed by atoms with Gasteiger partial charge in [-0.3, -0.25) is 9.59 Å². The van der Waals surface area contributed by atoms with Gasteiger partial charge in [0.1, 0.15) is 0 Å². The molecule has 30 heavy (non-hydrogen) atoms. The number of amides is 2. The Kier molecular flexibility index (Phi) is 7.21. The lowest BCUT2D eigenvalue weighted by Crippen LogP contribution is -2.35. The Hall–Kier alpha value is -2.73. The highest BCUT2D eigenvalue weighted by Crippen LogP contribution is 2.28. The summed E-state index contributed by atoms with van der Waals surface area (Å²) in [6.07, 6.45) is 0.906. The highest BCUT2D eigenvalue weighted by Gasteiger charge is 2.34. The number of nitrogens with zero attached hydrogens (tertiary/aromatic N) is 1. The Bertz CT molecular complexity index is 918. The number of methoxy groups -OCH3 is 2. The fraction of sp³-hybridized carbons (Fsp3) is 0.391. The number of halogens is 1. The van der Waals surface area contributed by atoms with Gasteiger partial charge in [-0.2, -0.15) is 0 Å². The van der Waals surface area contributed by atoms with E-state index in [0.717, 1.165) is 11.1 Å². The van der Waals surface area contributed by atoms with Crippen LogP contribution in [0.1, 0.15) is 30.5 Å². The smallest absolute Gasteiger partial charge is 0.225 e. The first-order chi connectivity index (χ1) is 14.4. The molecule has 1 fully saturated rings. The predicted molar refractivity (Wildman–Crippen MR) is 116 cm³/mol. The maximum absolute atomic E-state index is 12.7. The number of benzene rings is 2. The van der Waals surface area contributed by atoms with Crippen molar-refractivity contribution in [1.82, 2.24) is 10.2 Å². The first kappa shape index (κ1) is 22.0. The van der Waals surface area contributed by atoms with Crippen LogP contribution >= 0.6 is 11.6 Å². The van der Waals surface area contributed by atoms with Crippen LogP contribution in [-0.2, 0) is 16.0 Å². The maximum Gasteiger partial charge on any atom is 0.225 e. The zero-order valence-electron chi connectivity index (χ0n) is 17.5. The lowest BCUT2D eigenvalue weighted by atomic mass is 10.0. The molecule has 2 aromatic rings. The quantitative estimate of drug-likeness (QED) is 0.694. The Morgan fingerprint density at radius 3 is 2.63 bits per heavy atom. The van der Waals surface area contributed by atoms with Crippen LogP contribution in [0.4, 0.5) is 0 Å². The standard InChI is InChI=1S/C23H27ClN2O4/c1-15(18-6-4-5-7-19(18)24)25-23(28)17-13-22(27)26(14-17)11-10-16-8-9-20(29-2)21(12-16)30-3/h4-9,12,15,17H,10-11,13-14H2,1-3H3,(H,25,28). The predicted octanol–water partition coefficient (Wildman–Crippen LogP) is 3.63. The van der Waals surface area contributed by atoms with Crippen LogP contribution in [0.15, 0.2) is 42.5 Å². The number of rotatable bonds is 8. The summed E-state index contributed by atoms with van der Waals surface area (Å²) >= 11 is 6.22. The summed E-state index contributed by atoms with van der Waals surface area (Å²) in [5.41, 5.74) is 1.91. The van der Waals surface area contributed by atoms with Crippen molar-refractivity contribution in [2.45, 2.75) is 25.8 Å². The van der Waals surface area contributed by atoms with Crippen molar-refractivity contribution in [3.8, 4) is 11.5 Å². The monoisotopic (exact) mass is 430 g/mol. The second-order valence-corrected chi connectivity index (χ2v) is 7.84. The molecule has 3 rings (SSSR count). The fourth-order valence-electron chi connectivity index (χ4n) is 3.70. The second kappa shape index (κ2) is 9.85. The molecule has 2 aromatic carbocycles. The Morgan fingerprint density at radius 2 is 1.93 bits per heavy atom. The minimum atomic E-state index is -0.354. The van der Waals surface area contributed by atoms with Gasteiger partial charge in [0, 0.05) is 24.5 Å². The minimum Gasteiger partial charge on any atom is -0.493 e. The summed E-state index contributed by atoms with van der Waals surface area (Å²) in [5.74, 6) is 0.856. The van der Waals surface area contributed by atoms with Gasteiger partial charge in [0.15, 0.2) is 11.5 Å². The van der Waals surface area contributed by atoms with E-state index in [9.17, 15) is 9.59 Å². The van der Waals surface area contributed by atoms with Gasteiger partial charge >= 0.3 is 0 Å². The number of carbonyl (C=O) groups is 2. The number of hydrogen-bond acceptors (Lipinski definition) is 4. The molecule has 0 aromatic heterocycles. The summed E-state index contributed by atoms with van der Waals surface area (Å²) in [6, 6.07) is 12.9. The second-order valence-electron chi connectivity index (χ2n) is 7.43. The number of carbonyl (C=O) groups excluding carboxylic acids is 2. The molecule has 0 aliphatic carbocycles. The van der Waals surface area contributed by atoms with Crippen LogP contribution < -0.4 is 14.8 Å². The van der Waals surface area contributed by atoms with Crippen molar-refractivity contribution in [3.63, 3.8) is 0 Å². The van der Waals surface area contributed by atoms with Gasteiger partial charge in [-0.15, -0.1) is 0 Å². The summed E-state index contributed by atoms with van der Waals surface area (Å²) in [6.45, 7) is 2.87. The van der Waals surface area contributed by atoms with Gasteiger partial charge in [-0.25, -0.2) is 0 Å². The van der Waals surface area contributed by atoms with Crippen molar-refractivity contribution in [2.24, 2.45) is 5.92 Å². The van der Waals surface area contributed by atoms with E-state index in [2.05, 4.69) is 5.32 Å². The lowest BCUT2D eigenvalue weighted by molar-refractivity contribution is -0.129.